The lowest BCUT2D eigenvalue weighted by atomic mass is 10.1. The predicted molar refractivity (Wildman–Crippen MR) is 61.3 cm³/mol. The van der Waals surface area contributed by atoms with Gasteiger partial charge in [-0.1, -0.05) is 29.7 Å². The largest absolute Gasteiger partial charge is 0.300 e. The van der Waals surface area contributed by atoms with Gasteiger partial charge in [-0.2, -0.15) is 0 Å². The Kier molecular flexibility index (Phi) is 4.52. The normalized spacial score (nSPS) is 11.6. The first-order chi connectivity index (χ1) is 6.74. The Morgan fingerprint density at radius 3 is 2.57 bits per heavy atom. The quantitative estimate of drug-likeness (QED) is 0.752. The molecule has 2 heteroatoms. The van der Waals surface area contributed by atoms with E-state index in [1.54, 1.807) is 0 Å². The number of hydrogen-bond acceptors (Lipinski definition) is 1. The predicted octanol–water partition coefficient (Wildman–Crippen LogP) is 3.01. The summed E-state index contributed by atoms with van der Waals surface area (Å²) in [4.78, 5) is 0. The minimum absolute atomic E-state index is 0.313. The van der Waals surface area contributed by atoms with Crippen LogP contribution in [0, 0.1) is 11.8 Å². The Bertz CT molecular complexity index is 332. The van der Waals surface area contributed by atoms with Crippen LogP contribution in [-0.2, 0) is 0 Å². The number of halogens is 1. The molecule has 14 heavy (non-hydrogen) atoms. The molecule has 1 unspecified atom stereocenters. The maximum absolute atomic E-state index is 5.80. The summed E-state index contributed by atoms with van der Waals surface area (Å²) in [5, 5.41) is 4.08. The summed E-state index contributed by atoms with van der Waals surface area (Å²) in [6.07, 6.45) is 0. The lowest BCUT2D eigenvalue weighted by Gasteiger charge is -2.11. The molecule has 0 spiro atoms. The summed E-state index contributed by atoms with van der Waals surface area (Å²) >= 11 is 5.80. The smallest absolute Gasteiger partial charge is 0.0581 e. The van der Waals surface area contributed by atoms with Gasteiger partial charge in [-0.3, -0.25) is 5.32 Å². The van der Waals surface area contributed by atoms with Crippen LogP contribution in [0.5, 0.6) is 0 Å². The molecule has 74 valence electrons. The Hall–Kier alpha value is -0.970. The van der Waals surface area contributed by atoms with Crippen molar-refractivity contribution in [1.29, 1.82) is 0 Å². The molecule has 0 heterocycles. The zero-order chi connectivity index (χ0) is 10.4. The van der Waals surface area contributed by atoms with E-state index in [0.717, 1.165) is 11.6 Å². The van der Waals surface area contributed by atoms with Gasteiger partial charge in [0.25, 0.3) is 0 Å². The maximum Gasteiger partial charge on any atom is 0.0581 e. The van der Waals surface area contributed by atoms with E-state index in [4.69, 9.17) is 11.6 Å². The van der Waals surface area contributed by atoms with E-state index in [2.05, 4.69) is 24.1 Å². The molecular weight excluding hydrogens is 194 g/mol. The third-order valence-corrected chi connectivity index (χ3v) is 2.30. The van der Waals surface area contributed by atoms with E-state index in [-0.39, 0.29) is 0 Å². The van der Waals surface area contributed by atoms with Crippen molar-refractivity contribution in [1.82, 2.24) is 5.32 Å². The summed E-state index contributed by atoms with van der Waals surface area (Å²) in [5.41, 5.74) is 1.23. The second-order valence-corrected chi connectivity index (χ2v) is 3.52. The van der Waals surface area contributed by atoms with Crippen molar-refractivity contribution in [2.75, 3.05) is 6.54 Å². The van der Waals surface area contributed by atoms with Crippen molar-refractivity contribution in [3.63, 3.8) is 0 Å². The van der Waals surface area contributed by atoms with Gasteiger partial charge >= 0.3 is 0 Å². The molecular formula is C12H14ClN. The van der Waals surface area contributed by atoms with Crippen molar-refractivity contribution in [3.8, 4) is 11.8 Å². The van der Waals surface area contributed by atoms with E-state index in [9.17, 15) is 0 Å². The minimum Gasteiger partial charge on any atom is -0.300 e. The van der Waals surface area contributed by atoms with Crippen LogP contribution in [0.4, 0.5) is 0 Å². The average molecular weight is 208 g/mol. The standard InChI is InChI=1S/C12H14ClN/c1-3-4-9-14-10(2)11-5-7-12(13)8-6-11/h5-8,10,14H,9H2,1-2H3. The van der Waals surface area contributed by atoms with Crippen LogP contribution in [0.2, 0.25) is 5.02 Å². The SMILES string of the molecule is CC#CCNC(C)c1ccc(Cl)cc1. The number of benzene rings is 1. The lowest BCUT2D eigenvalue weighted by molar-refractivity contribution is 0.623. The van der Waals surface area contributed by atoms with Crippen LogP contribution in [-0.4, -0.2) is 6.54 Å². The molecule has 1 aromatic carbocycles. The number of nitrogens with one attached hydrogen (secondary N) is 1. The molecule has 0 aliphatic heterocycles. The Labute approximate surface area is 90.5 Å². The van der Waals surface area contributed by atoms with Gasteiger partial charge in [0.2, 0.25) is 0 Å². The number of rotatable bonds is 3. The summed E-state index contributed by atoms with van der Waals surface area (Å²) < 4.78 is 0. The van der Waals surface area contributed by atoms with Gasteiger partial charge in [0, 0.05) is 11.1 Å². The molecule has 0 aliphatic carbocycles. The first-order valence-electron chi connectivity index (χ1n) is 4.62. The molecule has 1 atom stereocenters. The fourth-order valence-electron chi connectivity index (χ4n) is 1.16. The summed E-state index contributed by atoms with van der Waals surface area (Å²) in [7, 11) is 0. The van der Waals surface area contributed by atoms with Gasteiger partial charge in [-0.25, -0.2) is 0 Å². The van der Waals surface area contributed by atoms with E-state index in [0.29, 0.717) is 6.04 Å². The highest BCUT2D eigenvalue weighted by atomic mass is 35.5. The summed E-state index contributed by atoms with van der Waals surface area (Å²) in [5.74, 6) is 5.82. The first-order valence-corrected chi connectivity index (χ1v) is 5.00. The molecule has 0 aromatic heterocycles. The second-order valence-electron chi connectivity index (χ2n) is 3.08. The van der Waals surface area contributed by atoms with Crippen molar-refractivity contribution in [3.05, 3.63) is 34.9 Å². The van der Waals surface area contributed by atoms with Crippen LogP contribution >= 0.6 is 11.6 Å². The van der Waals surface area contributed by atoms with Crippen molar-refractivity contribution in [2.24, 2.45) is 0 Å². The topological polar surface area (TPSA) is 12.0 Å². The van der Waals surface area contributed by atoms with Crippen molar-refractivity contribution in [2.45, 2.75) is 19.9 Å². The third kappa shape index (κ3) is 3.41. The van der Waals surface area contributed by atoms with Crippen molar-refractivity contribution >= 4 is 11.6 Å². The van der Waals surface area contributed by atoms with Gasteiger partial charge < -0.3 is 0 Å². The minimum atomic E-state index is 0.313. The van der Waals surface area contributed by atoms with Gasteiger partial charge in [-0.05, 0) is 31.5 Å². The van der Waals surface area contributed by atoms with E-state index in [1.807, 2.05) is 31.2 Å². The zero-order valence-electron chi connectivity index (χ0n) is 8.47. The van der Waals surface area contributed by atoms with Gasteiger partial charge in [-0.15, -0.1) is 5.92 Å². The van der Waals surface area contributed by atoms with Gasteiger partial charge in [0.1, 0.15) is 0 Å². The molecule has 1 N–H and O–H groups in total. The first kappa shape index (κ1) is 11.1. The fourth-order valence-corrected chi connectivity index (χ4v) is 1.29. The average Bonchev–Trinajstić information content (AvgIpc) is 2.19. The Morgan fingerprint density at radius 1 is 1.36 bits per heavy atom. The highest BCUT2D eigenvalue weighted by Gasteiger charge is 2.02. The number of hydrogen-bond donors (Lipinski definition) is 1. The maximum atomic E-state index is 5.80. The van der Waals surface area contributed by atoms with Crippen LogP contribution < -0.4 is 5.32 Å². The van der Waals surface area contributed by atoms with Gasteiger partial charge in [0.05, 0.1) is 6.54 Å². The van der Waals surface area contributed by atoms with Crippen LogP contribution in [0.25, 0.3) is 0 Å². The Balaban J connectivity index is 2.54. The molecule has 1 rings (SSSR count). The summed E-state index contributed by atoms with van der Waals surface area (Å²) in [6.45, 7) is 4.68. The second kappa shape index (κ2) is 5.70. The van der Waals surface area contributed by atoms with Crippen LogP contribution in [0.1, 0.15) is 25.5 Å². The van der Waals surface area contributed by atoms with Crippen molar-refractivity contribution < 1.29 is 0 Å². The molecule has 0 bridgehead atoms. The molecule has 0 amide bonds. The molecule has 0 saturated heterocycles. The Morgan fingerprint density at radius 2 is 2.00 bits per heavy atom. The van der Waals surface area contributed by atoms with Gasteiger partial charge in [0.15, 0.2) is 0 Å². The molecule has 1 aromatic rings. The third-order valence-electron chi connectivity index (χ3n) is 2.04. The van der Waals surface area contributed by atoms with Crippen LogP contribution in [0.3, 0.4) is 0 Å². The molecule has 0 saturated carbocycles. The lowest BCUT2D eigenvalue weighted by Crippen LogP contribution is -2.18. The fraction of sp³-hybridized carbons (Fsp3) is 0.333. The zero-order valence-corrected chi connectivity index (χ0v) is 9.23. The van der Waals surface area contributed by atoms with E-state index >= 15 is 0 Å². The molecule has 0 fully saturated rings. The monoisotopic (exact) mass is 207 g/mol. The summed E-state index contributed by atoms with van der Waals surface area (Å²) in [6, 6.07) is 8.17. The highest BCUT2D eigenvalue weighted by molar-refractivity contribution is 6.30. The van der Waals surface area contributed by atoms with E-state index in [1.165, 1.54) is 5.56 Å². The highest BCUT2D eigenvalue weighted by Crippen LogP contribution is 2.15. The van der Waals surface area contributed by atoms with Crippen LogP contribution in [0.15, 0.2) is 24.3 Å². The van der Waals surface area contributed by atoms with E-state index < -0.39 is 0 Å². The molecule has 0 radical (unpaired) electrons. The molecule has 0 aliphatic rings. The molecule has 1 nitrogen and oxygen atoms in total.